The van der Waals surface area contributed by atoms with E-state index in [0.717, 1.165) is 11.4 Å². The minimum atomic E-state index is -0.285. The molecule has 0 bridgehead atoms. The number of halogens is 2. The lowest BCUT2D eigenvalue weighted by atomic mass is 10.1. The molecule has 0 aliphatic heterocycles. The lowest BCUT2D eigenvalue weighted by molar-refractivity contribution is 0.517. The van der Waals surface area contributed by atoms with Crippen molar-refractivity contribution < 1.29 is 8.81 Å². The van der Waals surface area contributed by atoms with Gasteiger partial charge in [-0.2, -0.15) is 0 Å². The largest absolute Gasteiger partial charge is 0.420 e. The van der Waals surface area contributed by atoms with E-state index in [1.807, 2.05) is 18.5 Å². The summed E-state index contributed by atoms with van der Waals surface area (Å²) in [5.74, 6) is 1.21. The van der Waals surface area contributed by atoms with Crippen LogP contribution in [0.4, 0.5) is 4.39 Å². The Labute approximate surface area is 147 Å². The first-order valence-corrected chi connectivity index (χ1v) is 7.95. The van der Waals surface area contributed by atoms with E-state index in [-0.39, 0.29) is 11.7 Å². The average Bonchev–Trinajstić information content (AvgIpc) is 3.17. The molecule has 3 heterocycles. The molecule has 0 fully saturated rings. The molecule has 0 aliphatic rings. The fraction of sp³-hybridized carbons (Fsp3) is 0.176. The van der Waals surface area contributed by atoms with E-state index in [4.69, 9.17) is 16.0 Å². The van der Waals surface area contributed by atoms with Crippen molar-refractivity contribution in [2.24, 2.45) is 7.05 Å². The Morgan fingerprint density at radius 1 is 1.20 bits per heavy atom. The number of imidazole rings is 1. The Hall–Kier alpha value is -2.80. The molecule has 6 nitrogen and oxygen atoms in total. The van der Waals surface area contributed by atoms with Crippen LogP contribution in [0, 0.1) is 12.7 Å². The summed E-state index contributed by atoms with van der Waals surface area (Å²) in [7, 11) is 1.88. The molecule has 0 saturated carbocycles. The number of hydrogen-bond donors (Lipinski definition) is 0. The quantitative estimate of drug-likeness (QED) is 0.559. The maximum absolute atomic E-state index is 13.0. The zero-order valence-corrected chi connectivity index (χ0v) is 14.3. The molecule has 0 amide bonds. The first-order chi connectivity index (χ1) is 12.0. The molecule has 3 aromatic heterocycles. The van der Waals surface area contributed by atoms with Gasteiger partial charge in [0.05, 0.1) is 17.0 Å². The maximum Gasteiger partial charge on any atom is 0.250 e. The number of aromatic nitrogens is 5. The number of aryl methyl sites for hydroxylation is 2. The van der Waals surface area contributed by atoms with Gasteiger partial charge in [-0.1, -0.05) is 23.7 Å². The van der Waals surface area contributed by atoms with E-state index in [9.17, 15) is 4.39 Å². The molecule has 0 atom stereocenters. The van der Waals surface area contributed by atoms with Gasteiger partial charge in [-0.25, -0.2) is 14.4 Å². The van der Waals surface area contributed by atoms with Crippen molar-refractivity contribution >= 4 is 22.8 Å². The van der Waals surface area contributed by atoms with Crippen molar-refractivity contribution in [3.8, 4) is 11.5 Å². The molecule has 0 saturated heterocycles. The molecule has 0 unspecified atom stereocenters. The molecular weight excluding hydrogens is 345 g/mol. The van der Waals surface area contributed by atoms with Crippen molar-refractivity contribution in [3.63, 3.8) is 0 Å². The van der Waals surface area contributed by atoms with Crippen molar-refractivity contribution in [1.82, 2.24) is 24.7 Å². The SMILES string of the molecule is Cc1nc2c(Cl)c(-c3nnc(Cc4ccc(F)cc4)o3)cnc2n1C. The number of pyridine rings is 1. The Balaban J connectivity index is 1.69. The molecule has 0 N–H and O–H groups in total. The molecule has 0 radical (unpaired) electrons. The third kappa shape index (κ3) is 2.76. The summed E-state index contributed by atoms with van der Waals surface area (Å²) in [6.45, 7) is 1.88. The third-order valence-corrected chi connectivity index (χ3v) is 4.40. The van der Waals surface area contributed by atoms with Crippen LogP contribution in [0.15, 0.2) is 34.9 Å². The highest BCUT2D eigenvalue weighted by Crippen LogP contribution is 2.32. The van der Waals surface area contributed by atoms with Crippen molar-refractivity contribution in [1.29, 1.82) is 0 Å². The molecule has 0 aliphatic carbocycles. The van der Waals surface area contributed by atoms with Gasteiger partial charge in [-0.05, 0) is 24.6 Å². The van der Waals surface area contributed by atoms with Gasteiger partial charge in [0.2, 0.25) is 5.89 Å². The summed E-state index contributed by atoms with van der Waals surface area (Å²) >= 11 is 6.46. The Morgan fingerprint density at radius 2 is 1.96 bits per heavy atom. The zero-order chi connectivity index (χ0) is 17.6. The molecule has 25 heavy (non-hydrogen) atoms. The third-order valence-electron chi connectivity index (χ3n) is 4.01. The lowest BCUT2D eigenvalue weighted by Crippen LogP contribution is -1.92. The van der Waals surface area contributed by atoms with E-state index in [1.54, 1.807) is 18.3 Å². The first-order valence-electron chi connectivity index (χ1n) is 7.57. The second-order valence-corrected chi connectivity index (χ2v) is 6.06. The summed E-state index contributed by atoms with van der Waals surface area (Å²) in [6, 6.07) is 6.14. The second-order valence-electron chi connectivity index (χ2n) is 5.68. The Kier molecular flexibility index (Phi) is 3.73. The predicted octanol–water partition coefficient (Wildman–Crippen LogP) is 3.71. The molecule has 4 aromatic rings. The standard InChI is InChI=1S/C17H13ClFN5O/c1-9-21-15-14(18)12(8-20-16(15)24(9)2)17-23-22-13(25-17)7-10-3-5-11(19)6-4-10/h3-6,8H,7H2,1-2H3. The minimum absolute atomic E-state index is 0.278. The molecule has 8 heteroatoms. The average molecular weight is 358 g/mol. The number of fused-ring (bicyclic) bond motifs is 1. The van der Waals surface area contributed by atoms with Crippen LogP contribution < -0.4 is 0 Å². The molecular formula is C17H13ClFN5O. The van der Waals surface area contributed by atoms with Gasteiger partial charge in [0.15, 0.2) is 5.65 Å². The van der Waals surface area contributed by atoms with E-state index in [1.165, 1.54) is 12.1 Å². The van der Waals surface area contributed by atoms with Crippen LogP contribution in [-0.4, -0.2) is 24.7 Å². The van der Waals surface area contributed by atoms with E-state index < -0.39 is 0 Å². The topological polar surface area (TPSA) is 69.6 Å². The van der Waals surface area contributed by atoms with Gasteiger partial charge in [0.25, 0.3) is 5.89 Å². The highest BCUT2D eigenvalue weighted by Gasteiger charge is 2.18. The summed E-state index contributed by atoms with van der Waals surface area (Å²) in [5, 5.41) is 8.50. The molecule has 4 rings (SSSR count). The Bertz CT molecular complexity index is 1070. The smallest absolute Gasteiger partial charge is 0.250 e. The number of benzene rings is 1. The van der Waals surface area contributed by atoms with E-state index >= 15 is 0 Å². The van der Waals surface area contributed by atoms with Gasteiger partial charge in [-0.15, -0.1) is 10.2 Å². The van der Waals surface area contributed by atoms with Crippen LogP contribution in [0.3, 0.4) is 0 Å². The number of hydrogen-bond acceptors (Lipinski definition) is 5. The fourth-order valence-electron chi connectivity index (χ4n) is 2.56. The first kappa shape index (κ1) is 15.7. The zero-order valence-electron chi connectivity index (χ0n) is 13.5. The highest BCUT2D eigenvalue weighted by molar-refractivity contribution is 6.37. The predicted molar refractivity (Wildman–Crippen MR) is 90.8 cm³/mol. The summed E-state index contributed by atoms with van der Waals surface area (Å²) in [4.78, 5) is 8.81. The van der Waals surface area contributed by atoms with Crippen LogP contribution in [-0.2, 0) is 13.5 Å². The van der Waals surface area contributed by atoms with Gasteiger partial charge in [0.1, 0.15) is 17.2 Å². The molecule has 0 spiro atoms. The highest BCUT2D eigenvalue weighted by atomic mass is 35.5. The summed E-state index contributed by atoms with van der Waals surface area (Å²) in [6.07, 6.45) is 2.00. The van der Waals surface area contributed by atoms with Crippen LogP contribution in [0.25, 0.3) is 22.6 Å². The van der Waals surface area contributed by atoms with E-state index in [0.29, 0.717) is 34.1 Å². The Morgan fingerprint density at radius 3 is 2.72 bits per heavy atom. The van der Waals surface area contributed by atoms with Crippen LogP contribution >= 0.6 is 11.6 Å². The second kappa shape index (κ2) is 5.93. The summed E-state index contributed by atoms with van der Waals surface area (Å²) in [5.41, 5.74) is 2.69. The summed E-state index contributed by atoms with van der Waals surface area (Å²) < 4.78 is 20.5. The molecule has 126 valence electrons. The van der Waals surface area contributed by atoms with Crippen LogP contribution in [0.1, 0.15) is 17.3 Å². The van der Waals surface area contributed by atoms with Gasteiger partial charge in [0, 0.05) is 13.2 Å². The maximum atomic E-state index is 13.0. The van der Waals surface area contributed by atoms with E-state index in [2.05, 4.69) is 20.2 Å². The number of nitrogens with zero attached hydrogens (tertiary/aromatic N) is 5. The fourth-order valence-corrected chi connectivity index (χ4v) is 2.82. The number of rotatable bonds is 3. The lowest BCUT2D eigenvalue weighted by Gasteiger charge is -2.00. The van der Waals surface area contributed by atoms with Gasteiger partial charge >= 0.3 is 0 Å². The van der Waals surface area contributed by atoms with Gasteiger partial charge in [-0.3, -0.25) is 0 Å². The van der Waals surface area contributed by atoms with Crippen molar-refractivity contribution in [2.45, 2.75) is 13.3 Å². The molecule has 1 aromatic carbocycles. The van der Waals surface area contributed by atoms with Crippen molar-refractivity contribution in [2.75, 3.05) is 0 Å². The van der Waals surface area contributed by atoms with Crippen LogP contribution in [0.5, 0.6) is 0 Å². The minimum Gasteiger partial charge on any atom is -0.420 e. The monoisotopic (exact) mass is 357 g/mol. The van der Waals surface area contributed by atoms with Crippen LogP contribution in [0.2, 0.25) is 5.02 Å². The normalized spacial score (nSPS) is 11.4. The van der Waals surface area contributed by atoms with Crippen molar-refractivity contribution in [3.05, 3.63) is 58.6 Å². The van der Waals surface area contributed by atoms with Gasteiger partial charge < -0.3 is 8.98 Å².